The minimum atomic E-state index is -0.476. The first kappa shape index (κ1) is 22.7. The number of piperidine rings is 3. The molecule has 3 saturated heterocycles. The molecule has 2 aromatic rings. The lowest BCUT2D eigenvalue weighted by Crippen LogP contribution is -2.66. The number of fused-ring (bicyclic) bond motifs is 3. The van der Waals surface area contributed by atoms with Gasteiger partial charge in [0.15, 0.2) is 11.9 Å². The zero-order chi connectivity index (χ0) is 22.7. The van der Waals surface area contributed by atoms with E-state index >= 15 is 0 Å². The minimum absolute atomic E-state index is 0.0106. The van der Waals surface area contributed by atoms with Crippen LogP contribution in [0, 0.1) is 5.92 Å². The number of rotatable bonds is 7. The van der Waals surface area contributed by atoms with Crippen molar-refractivity contribution in [2.24, 2.45) is 5.92 Å². The van der Waals surface area contributed by atoms with Crippen molar-refractivity contribution in [2.45, 2.75) is 69.3 Å². The molecule has 0 amide bonds. The summed E-state index contributed by atoms with van der Waals surface area (Å²) in [6.45, 7) is 3.34. The number of Topliss-reactive ketones (excluding diaryl/α,β-unsaturated/α-hetero) is 1. The molecule has 176 valence electrons. The lowest BCUT2D eigenvalue weighted by atomic mass is 9.78. The predicted octanol–water partition coefficient (Wildman–Crippen LogP) is 4.70. The van der Waals surface area contributed by atoms with Gasteiger partial charge in [0.25, 0.3) is 0 Å². The molecule has 2 aromatic heterocycles. The van der Waals surface area contributed by atoms with Gasteiger partial charge in [0.05, 0.1) is 19.5 Å². The summed E-state index contributed by atoms with van der Waals surface area (Å²) < 4.78 is 7.17. The van der Waals surface area contributed by atoms with Crippen molar-refractivity contribution in [3.05, 3.63) is 52.5 Å². The van der Waals surface area contributed by atoms with Crippen molar-refractivity contribution < 1.29 is 18.8 Å². The summed E-state index contributed by atoms with van der Waals surface area (Å²) in [6, 6.07) is 9.91. The highest BCUT2D eigenvalue weighted by Crippen LogP contribution is 2.43. The molecule has 0 N–H and O–H groups in total. The van der Waals surface area contributed by atoms with Crippen LogP contribution in [0.3, 0.4) is 0 Å². The first-order valence-electron chi connectivity index (χ1n) is 12.6. The van der Waals surface area contributed by atoms with Gasteiger partial charge < -0.3 is 9.22 Å². The summed E-state index contributed by atoms with van der Waals surface area (Å²) in [7, 11) is 0. The Labute approximate surface area is 200 Å². The number of carbonyl (C=O) groups is 2. The Morgan fingerprint density at radius 3 is 2.52 bits per heavy atom. The fraction of sp³-hybridized carbons (Fsp3) is 0.593. The van der Waals surface area contributed by atoms with Crippen LogP contribution in [-0.2, 0) is 26.2 Å². The molecule has 6 heteroatoms. The molecule has 1 atom stereocenters. The number of ketones is 1. The molecule has 1 saturated carbocycles. The van der Waals surface area contributed by atoms with Gasteiger partial charge >= 0.3 is 5.97 Å². The quantitative estimate of drug-likeness (QED) is 0.337. The van der Waals surface area contributed by atoms with E-state index in [2.05, 4.69) is 22.5 Å². The molecular weight excluding hydrogens is 432 g/mol. The van der Waals surface area contributed by atoms with Crippen molar-refractivity contribution in [1.82, 2.24) is 4.98 Å². The molecule has 0 radical (unpaired) electrons. The molecule has 1 aliphatic carbocycles. The fourth-order valence-corrected chi connectivity index (χ4v) is 7.37. The number of quaternary nitrogens is 1. The Bertz CT molecular complexity index is 943. The molecule has 2 bridgehead atoms. The number of carbonyl (C=O) groups excluding carboxylic acids is 2. The minimum Gasteiger partial charge on any atom is -0.455 e. The van der Waals surface area contributed by atoms with Gasteiger partial charge in [-0.1, -0.05) is 37.8 Å². The molecule has 0 aromatic carbocycles. The largest absolute Gasteiger partial charge is 0.455 e. The number of aromatic nitrogens is 1. The number of hydrogen-bond donors (Lipinski definition) is 0. The molecular formula is C27H35N2O3S+. The van der Waals surface area contributed by atoms with Crippen molar-refractivity contribution in [1.29, 1.82) is 0 Å². The maximum atomic E-state index is 13.8. The van der Waals surface area contributed by atoms with Gasteiger partial charge in [0.1, 0.15) is 18.5 Å². The van der Waals surface area contributed by atoms with Crippen LogP contribution in [0.15, 0.2) is 41.9 Å². The van der Waals surface area contributed by atoms with E-state index in [1.165, 1.54) is 17.7 Å². The summed E-state index contributed by atoms with van der Waals surface area (Å²) in [5, 5.41) is 2.08. The number of pyridine rings is 1. The lowest BCUT2D eigenvalue weighted by Gasteiger charge is -2.52. The fourth-order valence-electron chi connectivity index (χ4n) is 6.40. The second kappa shape index (κ2) is 9.67. The van der Waals surface area contributed by atoms with Crippen LogP contribution in [0.5, 0.6) is 0 Å². The molecule has 0 unspecified atom stereocenters. The third-order valence-electron chi connectivity index (χ3n) is 8.26. The van der Waals surface area contributed by atoms with Gasteiger partial charge in [-0.05, 0) is 36.4 Å². The second-order valence-electron chi connectivity index (χ2n) is 10.4. The monoisotopic (exact) mass is 467 g/mol. The SMILES string of the molecule is O=C(Cc1ccccn1)C[N+]12CCC(CC1)[C@@H](OC(=O)C1(c3cccs3)CCCCCC1)C2. The highest BCUT2D eigenvalue weighted by atomic mass is 32.1. The Kier molecular flexibility index (Phi) is 6.66. The Balaban J connectivity index is 1.28. The summed E-state index contributed by atoms with van der Waals surface area (Å²) >= 11 is 1.70. The van der Waals surface area contributed by atoms with E-state index in [4.69, 9.17) is 4.74 Å². The Morgan fingerprint density at radius 2 is 1.85 bits per heavy atom. The zero-order valence-electron chi connectivity index (χ0n) is 19.4. The standard InChI is InChI=1S/C27H35N2O3S/c30-23(18-22-8-3-6-14-28-22)19-29-15-10-21(11-16-29)24(20-29)32-26(31)27(25-9-7-17-33-25)12-4-1-2-5-13-27/h3,6-9,14,17,21,24H,1-2,4-5,10-13,15-16,18-20H2/q+1/t21?,24-,29?/m0/s1. The molecule has 3 aliphatic heterocycles. The molecule has 4 aliphatic rings. The van der Waals surface area contributed by atoms with Crippen molar-refractivity contribution >= 4 is 23.1 Å². The maximum Gasteiger partial charge on any atom is 0.317 e. The predicted molar refractivity (Wildman–Crippen MR) is 129 cm³/mol. The van der Waals surface area contributed by atoms with Gasteiger partial charge in [-0.15, -0.1) is 11.3 Å². The normalized spacial score (nSPS) is 28.7. The highest BCUT2D eigenvalue weighted by Gasteiger charge is 2.51. The summed E-state index contributed by atoms with van der Waals surface area (Å²) in [4.78, 5) is 32.2. The maximum absolute atomic E-state index is 13.8. The van der Waals surface area contributed by atoms with E-state index in [1.54, 1.807) is 17.5 Å². The molecule has 5 nitrogen and oxygen atoms in total. The topological polar surface area (TPSA) is 56.3 Å². The van der Waals surface area contributed by atoms with Gasteiger partial charge in [0, 0.05) is 35.5 Å². The molecule has 0 spiro atoms. The van der Waals surface area contributed by atoms with Crippen LogP contribution >= 0.6 is 11.3 Å². The highest BCUT2D eigenvalue weighted by molar-refractivity contribution is 7.10. The van der Waals surface area contributed by atoms with Crippen molar-refractivity contribution in [3.63, 3.8) is 0 Å². The molecule has 4 fully saturated rings. The van der Waals surface area contributed by atoms with Gasteiger partial charge in [-0.3, -0.25) is 14.6 Å². The number of nitrogens with zero attached hydrogens (tertiary/aromatic N) is 2. The van der Waals surface area contributed by atoms with Gasteiger partial charge in [-0.25, -0.2) is 0 Å². The number of ether oxygens (including phenoxy) is 1. The first-order valence-corrected chi connectivity index (χ1v) is 13.5. The van der Waals surface area contributed by atoms with E-state index in [0.29, 0.717) is 18.9 Å². The average molecular weight is 468 g/mol. The van der Waals surface area contributed by atoms with Crippen LogP contribution in [0.2, 0.25) is 0 Å². The zero-order valence-corrected chi connectivity index (χ0v) is 20.2. The van der Waals surface area contributed by atoms with E-state index in [1.807, 2.05) is 18.2 Å². The second-order valence-corrected chi connectivity index (χ2v) is 11.4. The van der Waals surface area contributed by atoms with E-state index in [-0.39, 0.29) is 17.9 Å². The summed E-state index contributed by atoms with van der Waals surface area (Å²) in [6.07, 6.45) is 10.5. The van der Waals surface area contributed by atoms with Crippen LogP contribution in [0.4, 0.5) is 0 Å². The molecule has 6 rings (SSSR count). The van der Waals surface area contributed by atoms with Crippen LogP contribution < -0.4 is 0 Å². The lowest BCUT2D eigenvalue weighted by molar-refractivity contribution is -0.939. The van der Waals surface area contributed by atoms with E-state index < -0.39 is 5.41 Å². The van der Waals surface area contributed by atoms with Gasteiger partial charge in [0.2, 0.25) is 0 Å². The molecule has 33 heavy (non-hydrogen) atoms. The summed E-state index contributed by atoms with van der Waals surface area (Å²) in [5.74, 6) is 0.660. The van der Waals surface area contributed by atoms with Crippen LogP contribution in [0.25, 0.3) is 0 Å². The smallest absolute Gasteiger partial charge is 0.317 e. The van der Waals surface area contributed by atoms with Crippen LogP contribution in [-0.4, -0.2) is 53.5 Å². The van der Waals surface area contributed by atoms with Gasteiger partial charge in [-0.2, -0.15) is 0 Å². The average Bonchev–Trinajstić information content (AvgIpc) is 3.25. The number of thiophene rings is 1. The number of esters is 1. The Hall–Kier alpha value is -2.05. The molecule has 5 heterocycles. The van der Waals surface area contributed by atoms with Crippen molar-refractivity contribution in [3.8, 4) is 0 Å². The first-order chi connectivity index (χ1) is 16.1. The van der Waals surface area contributed by atoms with E-state index in [0.717, 1.165) is 68.3 Å². The third kappa shape index (κ3) is 4.78. The number of hydrogen-bond acceptors (Lipinski definition) is 5. The van der Waals surface area contributed by atoms with Crippen molar-refractivity contribution in [2.75, 3.05) is 26.2 Å². The van der Waals surface area contributed by atoms with E-state index in [9.17, 15) is 9.59 Å². The third-order valence-corrected chi connectivity index (χ3v) is 9.33. The summed E-state index contributed by atoms with van der Waals surface area (Å²) in [5.41, 5.74) is 0.359. The van der Waals surface area contributed by atoms with Crippen LogP contribution in [0.1, 0.15) is 61.9 Å². The Morgan fingerprint density at radius 1 is 1.06 bits per heavy atom.